The van der Waals surface area contributed by atoms with Crippen molar-refractivity contribution in [1.82, 2.24) is 9.80 Å². The third-order valence-corrected chi connectivity index (χ3v) is 6.52. The van der Waals surface area contributed by atoms with Gasteiger partial charge in [0.25, 0.3) is 5.91 Å². The van der Waals surface area contributed by atoms with Crippen LogP contribution in [-0.4, -0.2) is 56.0 Å². The number of amides is 1. The van der Waals surface area contributed by atoms with Crippen molar-refractivity contribution in [2.75, 3.05) is 51.0 Å². The summed E-state index contributed by atoms with van der Waals surface area (Å²) in [6, 6.07) is 19.5. The molecule has 2 aliphatic heterocycles. The number of nitrogens with zero attached hydrogens (tertiary/aromatic N) is 3. The highest BCUT2D eigenvalue weighted by molar-refractivity contribution is 6.12. The van der Waals surface area contributed by atoms with Gasteiger partial charge in [0.2, 0.25) is 0 Å². The molecule has 0 spiro atoms. The minimum atomic E-state index is -0.137. The zero-order valence-corrected chi connectivity index (χ0v) is 19.4. The van der Waals surface area contributed by atoms with Crippen molar-refractivity contribution < 1.29 is 9.53 Å². The van der Waals surface area contributed by atoms with E-state index in [1.165, 1.54) is 5.56 Å². The van der Waals surface area contributed by atoms with Crippen LogP contribution in [0.25, 0.3) is 11.1 Å². The number of hydrogen-bond acceptors (Lipinski definition) is 6. The van der Waals surface area contributed by atoms with Gasteiger partial charge in [0.1, 0.15) is 11.8 Å². The number of carbonyl (C=O) groups is 1. The highest BCUT2D eigenvalue weighted by Gasteiger charge is 2.21. The number of methoxy groups -OCH3 is 1. The first kappa shape index (κ1) is 22.0. The van der Waals surface area contributed by atoms with Crippen molar-refractivity contribution in [3.05, 3.63) is 71.3 Å². The van der Waals surface area contributed by atoms with Gasteiger partial charge >= 0.3 is 0 Å². The van der Waals surface area contributed by atoms with Gasteiger partial charge in [-0.3, -0.25) is 9.69 Å². The average Bonchev–Trinajstić information content (AvgIpc) is 2.99. The lowest BCUT2D eigenvalue weighted by molar-refractivity contribution is 0.102. The van der Waals surface area contributed by atoms with Gasteiger partial charge in [-0.15, -0.1) is 0 Å². The molecule has 0 aromatic heterocycles. The second-order valence-electron chi connectivity index (χ2n) is 8.83. The van der Waals surface area contributed by atoms with Crippen LogP contribution in [0.3, 0.4) is 0 Å². The number of piperazine rings is 1. The van der Waals surface area contributed by atoms with Crippen molar-refractivity contribution in [2.45, 2.75) is 6.54 Å². The summed E-state index contributed by atoms with van der Waals surface area (Å²) in [4.78, 5) is 17.8. The maximum atomic E-state index is 13.0. The van der Waals surface area contributed by atoms with Gasteiger partial charge in [-0.1, -0.05) is 18.2 Å². The van der Waals surface area contributed by atoms with E-state index in [4.69, 9.17) is 4.74 Å². The fourth-order valence-electron chi connectivity index (χ4n) is 4.49. The fraction of sp³-hybridized carbons (Fsp3) is 0.259. The summed E-state index contributed by atoms with van der Waals surface area (Å²) in [5.41, 5.74) is 6.48. The normalized spacial score (nSPS) is 15.9. The zero-order chi connectivity index (χ0) is 23.7. The summed E-state index contributed by atoms with van der Waals surface area (Å²) in [6.45, 7) is 5.12. The van der Waals surface area contributed by atoms with Crippen LogP contribution >= 0.6 is 0 Å². The number of ether oxygens (including phenoxy) is 1. The minimum Gasteiger partial charge on any atom is -0.495 e. The van der Waals surface area contributed by atoms with E-state index in [9.17, 15) is 10.1 Å². The summed E-state index contributed by atoms with van der Waals surface area (Å²) in [6.07, 6.45) is 0. The second kappa shape index (κ2) is 9.18. The summed E-state index contributed by atoms with van der Waals surface area (Å²) < 4.78 is 5.36. The Labute approximate surface area is 199 Å². The molecule has 7 heteroatoms. The number of anilines is 3. The molecule has 0 radical (unpaired) electrons. The SMILES string of the molecule is COc1cc(-c2ccc3c(c2)Nc2ccc(CN4CCN(C)CC4)cc2NC3=O)ccc1C#N. The molecule has 0 unspecified atom stereocenters. The Kier molecular flexibility index (Phi) is 5.93. The summed E-state index contributed by atoms with van der Waals surface area (Å²) in [7, 11) is 3.71. The summed E-state index contributed by atoms with van der Waals surface area (Å²) in [5.74, 6) is 0.390. The molecule has 0 atom stereocenters. The Bertz CT molecular complexity index is 1290. The Morgan fingerprint density at radius 2 is 1.68 bits per heavy atom. The van der Waals surface area contributed by atoms with E-state index >= 15 is 0 Å². The minimum absolute atomic E-state index is 0.137. The van der Waals surface area contributed by atoms with Gasteiger partial charge in [-0.2, -0.15) is 5.26 Å². The van der Waals surface area contributed by atoms with Crippen LogP contribution in [0.4, 0.5) is 17.1 Å². The Morgan fingerprint density at radius 1 is 0.912 bits per heavy atom. The third kappa shape index (κ3) is 4.34. The van der Waals surface area contributed by atoms with Gasteiger partial charge in [-0.25, -0.2) is 0 Å². The lowest BCUT2D eigenvalue weighted by Gasteiger charge is -2.32. The largest absolute Gasteiger partial charge is 0.495 e. The number of benzene rings is 3. The van der Waals surface area contributed by atoms with Crippen molar-refractivity contribution in [1.29, 1.82) is 5.26 Å². The van der Waals surface area contributed by atoms with Gasteiger partial charge in [-0.05, 0) is 60.1 Å². The van der Waals surface area contributed by atoms with Gasteiger partial charge in [0.15, 0.2) is 0 Å². The number of carbonyl (C=O) groups excluding carboxylic acids is 1. The molecule has 5 rings (SSSR count). The molecule has 34 heavy (non-hydrogen) atoms. The number of hydrogen-bond donors (Lipinski definition) is 2. The van der Waals surface area contributed by atoms with E-state index in [2.05, 4.69) is 45.7 Å². The lowest BCUT2D eigenvalue weighted by Crippen LogP contribution is -2.43. The summed E-state index contributed by atoms with van der Waals surface area (Å²) in [5, 5.41) is 15.8. The van der Waals surface area contributed by atoms with Crippen LogP contribution in [0, 0.1) is 11.3 Å². The van der Waals surface area contributed by atoms with Gasteiger partial charge in [0.05, 0.1) is 35.3 Å². The van der Waals surface area contributed by atoms with E-state index in [-0.39, 0.29) is 5.91 Å². The number of nitriles is 1. The van der Waals surface area contributed by atoms with Crippen molar-refractivity contribution in [2.24, 2.45) is 0 Å². The molecule has 2 heterocycles. The maximum Gasteiger partial charge on any atom is 0.257 e. The van der Waals surface area contributed by atoms with Crippen LogP contribution in [0.2, 0.25) is 0 Å². The fourth-order valence-corrected chi connectivity index (χ4v) is 4.49. The molecule has 2 N–H and O–H groups in total. The topological polar surface area (TPSA) is 80.6 Å². The molecular weight excluding hydrogens is 426 g/mol. The molecule has 0 aliphatic carbocycles. The first-order valence-electron chi connectivity index (χ1n) is 11.4. The smallest absolute Gasteiger partial charge is 0.257 e. The quantitative estimate of drug-likeness (QED) is 0.613. The molecule has 0 saturated carbocycles. The first-order chi connectivity index (χ1) is 16.5. The molecule has 1 saturated heterocycles. The van der Waals surface area contributed by atoms with Crippen molar-refractivity contribution in [3.63, 3.8) is 0 Å². The molecule has 0 bridgehead atoms. The zero-order valence-electron chi connectivity index (χ0n) is 19.4. The van der Waals surface area contributed by atoms with E-state index in [1.54, 1.807) is 13.2 Å². The predicted molar refractivity (Wildman–Crippen MR) is 134 cm³/mol. The van der Waals surface area contributed by atoms with Crippen LogP contribution in [-0.2, 0) is 6.54 Å². The van der Waals surface area contributed by atoms with E-state index < -0.39 is 0 Å². The number of fused-ring (bicyclic) bond motifs is 2. The molecule has 1 amide bonds. The second-order valence-corrected chi connectivity index (χ2v) is 8.83. The van der Waals surface area contributed by atoms with Crippen LogP contribution in [0.15, 0.2) is 54.6 Å². The molecule has 2 aliphatic rings. The standard InChI is InChI=1S/C27H27N5O2/c1-31-9-11-32(12-10-31)17-18-3-8-23-25(13-18)30-27(33)22-7-6-19(14-24(22)29-23)20-4-5-21(16-28)26(15-20)34-2/h3-8,13-15,29H,9-12,17H2,1-2H3,(H,30,33). The van der Waals surface area contributed by atoms with E-state index in [0.717, 1.165) is 60.9 Å². The highest BCUT2D eigenvalue weighted by Crippen LogP contribution is 2.36. The Balaban J connectivity index is 1.42. The molecule has 7 nitrogen and oxygen atoms in total. The van der Waals surface area contributed by atoms with E-state index in [1.807, 2.05) is 36.4 Å². The van der Waals surface area contributed by atoms with Crippen LogP contribution in [0.1, 0.15) is 21.5 Å². The van der Waals surface area contributed by atoms with Crippen molar-refractivity contribution >= 4 is 23.0 Å². The first-order valence-corrected chi connectivity index (χ1v) is 11.4. The van der Waals surface area contributed by atoms with Gasteiger partial charge < -0.3 is 20.3 Å². The maximum absolute atomic E-state index is 13.0. The number of rotatable bonds is 4. The molecular formula is C27H27N5O2. The van der Waals surface area contributed by atoms with Gasteiger partial charge in [0, 0.05) is 32.7 Å². The van der Waals surface area contributed by atoms with Crippen LogP contribution < -0.4 is 15.4 Å². The predicted octanol–water partition coefficient (Wildman–Crippen LogP) is 4.29. The summed E-state index contributed by atoms with van der Waals surface area (Å²) >= 11 is 0. The average molecular weight is 454 g/mol. The Hall–Kier alpha value is -3.86. The molecule has 3 aromatic rings. The number of nitrogens with one attached hydrogen (secondary N) is 2. The van der Waals surface area contributed by atoms with E-state index in [0.29, 0.717) is 16.9 Å². The van der Waals surface area contributed by atoms with Crippen molar-refractivity contribution in [3.8, 4) is 22.9 Å². The monoisotopic (exact) mass is 453 g/mol. The molecule has 3 aromatic carbocycles. The third-order valence-electron chi connectivity index (χ3n) is 6.52. The van der Waals surface area contributed by atoms with Crippen LogP contribution in [0.5, 0.6) is 5.75 Å². The molecule has 172 valence electrons. The number of likely N-dealkylation sites (N-methyl/N-ethyl adjacent to an activating group) is 1. The highest BCUT2D eigenvalue weighted by atomic mass is 16.5. The Morgan fingerprint density at radius 3 is 2.44 bits per heavy atom. The molecule has 1 fully saturated rings. The lowest BCUT2D eigenvalue weighted by atomic mass is 10.0.